The Hall–Kier alpha value is -1.67. The van der Waals surface area contributed by atoms with Crippen LogP contribution in [-0.2, 0) is 0 Å². The van der Waals surface area contributed by atoms with Crippen LogP contribution in [0.2, 0.25) is 0 Å². The van der Waals surface area contributed by atoms with E-state index >= 15 is 0 Å². The molecule has 0 saturated heterocycles. The number of pyridine rings is 1. The second kappa shape index (κ2) is 7.20. The monoisotopic (exact) mass is 268 g/mol. The summed E-state index contributed by atoms with van der Waals surface area (Å²) in [7, 11) is 0. The maximum absolute atomic E-state index is 6.40. The number of unbranched alkanes of at least 4 members (excludes halogenated alkanes) is 3. The van der Waals surface area contributed by atoms with E-state index in [9.17, 15) is 0 Å². The Morgan fingerprint density at radius 3 is 2.85 bits per heavy atom. The number of aromatic nitrogens is 1. The normalized spacial score (nSPS) is 12.5. The number of benzene rings is 1. The summed E-state index contributed by atoms with van der Waals surface area (Å²) in [6, 6.07) is 10.5. The smallest absolute Gasteiger partial charge is 0.0708 e. The first-order chi connectivity index (χ1) is 9.72. The lowest BCUT2D eigenvalue weighted by atomic mass is 9.97. The van der Waals surface area contributed by atoms with Crippen molar-refractivity contribution in [2.24, 2.45) is 5.73 Å². The Balaban J connectivity index is 2.09. The number of nitrogens with two attached hydrogens (primary N) is 1. The molecule has 1 aromatic heterocycles. The summed E-state index contributed by atoms with van der Waals surface area (Å²) in [6.45, 7) is 5.79. The number of aryl methyl sites for hydroxylation is 1. The van der Waals surface area contributed by atoms with Crippen molar-refractivity contribution in [1.29, 1.82) is 0 Å². The third-order valence-corrected chi connectivity index (χ3v) is 3.70. The summed E-state index contributed by atoms with van der Waals surface area (Å²) < 4.78 is 0. The van der Waals surface area contributed by atoms with E-state index < -0.39 is 0 Å². The molecule has 0 aliphatic rings. The molecule has 1 aromatic carbocycles. The summed E-state index contributed by atoms with van der Waals surface area (Å²) in [6.07, 6.45) is 7.73. The minimum Gasteiger partial charge on any atom is -0.324 e. The molecule has 0 fully saturated rings. The highest BCUT2D eigenvalue weighted by atomic mass is 14.7. The lowest BCUT2D eigenvalue weighted by molar-refractivity contribution is 0.574. The van der Waals surface area contributed by atoms with E-state index in [0.717, 1.165) is 24.1 Å². The number of allylic oxidation sites excluding steroid dienone is 1. The molecule has 2 rings (SSSR count). The van der Waals surface area contributed by atoms with Crippen LogP contribution in [0.25, 0.3) is 10.9 Å². The van der Waals surface area contributed by atoms with Gasteiger partial charge < -0.3 is 5.73 Å². The number of rotatable bonds is 7. The van der Waals surface area contributed by atoms with Crippen LogP contribution in [-0.4, -0.2) is 4.98 Å². The van der Waals surface area contributed by atoms with Gasteiger partial charge in [0.05, 0.1) is 5.52 Å². The molecule has 0 aliphatic carbocycles. The second-order valence-electron chi connectivity index (χ2n) is 5.40. The molecule has 2 aromatic rings. The summed E-state index contributed by atoms with van der Waals surface area (Å²) in [5, 5.41) is 1.19. The molecule has 0 bridgehead atoms. The number of hydrogen-bond acceptors (Lipinski definition) is 2. The molecular formula is C18H24N2. The molecule has 2 N–H and O–H groups in total. The van der Waals surface area contributed by atoms with Crippen molar-refractivity contribution in [3.05, 3.63) is 54.2 Å². The molecule has 1 heterocycles. The van der Waals surface area contributed by atoms with E-state index in [-0.39, 0.29) is 6.04 Å². The summed E-state index contributed by atoms with van der Waals surface area (Å²) in [5.74, 6) is 0. The van der Waals surface area contributed by atoms with Crippen LogP contribution in [0.3, 0.4) is 0 Å². The molecular weight excluding hydrogens is 244 g/mol. The Bertz CT molecular complexity index is 575. The fourth-order valence-electron chi connectivity index (χ4n) is 2.63. The average Bonchev–Trinajstić information content (AvgIpc) is 2.46. The van der Waals surface area contributed by atoms with Gasteiger partial charge in [0.25, 0.3) is 0 Å². The average molecular weight is 268 g/mol. The van der Waals surface area contributed by atoms with Crippen LogP contribution in [0.15, 0.2) is 43.0 Å². The molecule has 1 atom stereocenters. The van der Waals surface area contributed by atoms with E-state index in [4.69, 9.17) is 5.73 Å². The van der Waals surface area contributed by atoms with Gasteiger partial charge in [0, 0.05) is 17.1 Å². The maximum Gasteiger partial charge on any atom is 0.0708 e. The van der Waals surface area contributed by atoms with Gasteiger partial charge in [0.1, 0.15) is 0 Å². The quantitative estimate of drug-likeness (QED) is 0.585. The van der Waals surface area contributed by atoms with Crippen LogP contribution >= 0.6 is 0 Å². The molecule has 0 aliphatic heterocycles. The third kappa shape index (κ3) is 3.67. The SMILES string of the molecule is C=CCCCCCC(N)c1cc(C)nc2ccccc12. The topological polar surface area (TPSA) is 38.9 Å². The van der Waals surface area contributed by atoms with Gasteiger partial charge in [-0.25, -0.2) is 0 Å². The fourth-order valence-corrected chi connectivity index (χ4v) is 2.63. The number of hydrogen-bond donors (Lipinski definition) is 1. The zero-order valence-electron chi connectivity index (χ0n) is 12.3. The first kappa shape index (κ1) is 14.7. The standard InChI is InChI=1S/C18H24N2/c1-3-4-5-6-7-11-17(19)16-13-14(2)20-18-12-9-8-10-15(16)18/h3,8-10,12-13,17H,1,4-7,11,19H2,2H3. The van der Waals surface area contributed by atoms with Crippen LogP contribution in [0.4, 0.5) is 0 Å². The van der Waals surface area contributed by atoms with Crippen molar-refractivity contribution in [2.75, 3.05) is 0 Å². The van der Waals surface area contributed by atoms with Crippen molar-refractivity contribution in [3.63, 3.8) is 0 Å². The Labute approximate surface area is 121 Å². The lowest BCUT2D eigenvalue weighted by Crippen LogP contribution is -2.11. The minimum absolute atomic E-state index is 0.102. The Kier molecular flexibility index (Phi) is 5.31. The maximum atomic E-state index is 6.40. The molecule has 2 nitrogen and oxygen atoms in total. The van der Waals surface area contributed by atoms with Crippen molar-refractivity contribution in [2.45, 2.75) is 45.1 Å². The van der Waals surface area contributed by atoms with Crippen LogP contribution < -0.4 is 5.73 Å². The largest absolute Gasteiger partial charge is 0.324 e. The highest BCUT2D eigenvalue weighted by molar-refractivity contribution is 5.82. The van der Waals surface area contributed by atoms with Gasteiger partial charge in [-0.1, -0.05) is 37.1 Å². The van der Waals surface area contributed by atoms with Gasteiger partial charge in [0.15, 0.2) is 0 Å². The van der Waals surface area contributed by atoms with Crippen molar-refractivity contribution in [1.82, 2.24) is 4.98 Å². The summed E-state index contributed by atoms with van der Waals surface area (Å²) in [5.41, 5.74) is 9.72. The first-order valence-corrected chi connectivity index (χ1v) is 7.45. The van der Waals surface area contributed by atoms with Crippen LogP contribution in [0, 0.1) is 6.92 Å². The van der Waals surface area contributed by atoms with E-state index in [0.29, 0.717) is 0 Å². The summed E-state index contributed by atoms with van der Waals surface area (Å²) >= 11 is 0. The number of para-hydroxylation sites is 1. The fraction of sp³-hybridized carbons (Fsp3) is 0.389. The van der Waals surface area contributed by atoms with E-state index in [1.165, 1.54) is 30.2 Å². The van der Waals surface area contributed by atoms with Crippen molar-refractivity contribution >= 4 is 10.9 Å². The third-order valence-electron chi connectivity index (χ3n) is 3.70. The van der Waals surface area contributed by atoms with Crippen LogP contribution in [0.5, 0.6) is 0 Å². The molecule has 0 saturated carbocycles. The van der Waals surface area contributed by atoms with Crippen molar-refractivity contribution in [3.8, 4) is 0 Å². The predicted molar refractivity (Wildman–Crippen MR) is 86.7 cm³/mol. The summed E-state index contributed by atoms with van der Waals surface area (Å²) in [4.78, 5) is 4.57. The molecule has 0 radical (unpaired) electrons. The predicted octanol–water partition coefficient (Wildman–Crippen LogP) is 4.68. The molecule has 2 heteroatoms. The zero-order valence-corrected chi connectivity index (χ0v) is 12.3. The number of nitrogens with zero attached hydrogens (tertiary/aromatic N) is 1. The second-order valence-corrected chi connectivity index (χ2v) is 5.40. The van der Waals surface area contributed by atoms with E-state index in [1.54, 1.807) is 0 Å². The van der Waals surface area contributed by atoms with Crippen molar-refractivity contribution < 1.29 is 0 Å². The Morgan fingerprint density at radius 1 is 1.25 bits per heavy atom. The van der Waals surface area contributed by atoms with Gasteiger partial charge in [-0.05, 0) is 43.9 Å². The van der Waals surface area contributed by atoms with Gasteiger partial charge in [-0.3, -0.25) is 4.98 Å². The van der Waals surface area contributed by atoms with Gasteiger partial charge in [0.2, 0.25) is 0 Å². The lowest BCUT2D eigenvalue weighted by Gasteiger charge is -2.15. The molecule has 106 valence electrons. The van der Waals surface area contributed by atoms with Gasteiger partial charge in [-0.2, -0.15) is 0 Å². The highest BCUT2D eigenvalue weighted by Gasteiger charge is 2.11. The van der Waals surface area contributed by atoms with Crippen LogP contribution in [0.1, 0.15) is 49.4 Å². The zero-order chi connectivity index (χ0) is 14.4. The number of fused-ring (bicyclic) bond motifs is 1. The molecule has 0 amide bonds. The molecule has 0 spiro atoms. The van der Waals surface area contributed by atoms with E-state index in [1.807, 2.05) is 19.1 Å². The first-order valence-electron chi connectivity index (χ1n) is 7.45. The molecule has 20 heavy (non-hydrogen) atoms. The van der Waals surface area contributed by atoms with Gasteiger partial charge in [-0.15, -0.1) is 6.58 Å². The van der Waals surface area contributed by atoms with E-state index in [2.05, 4.69) is 35.8 Å². The highest BCUT2D eigenvalue weighted by Crippen LogP contribution is 2.26. The Morgan fingerprint density at radius 2 is 2.05 bits per heavy atom. The van der Waals surface area contributed by atoms with Gasteiger partial charge >= 0.3 is 0 Å². The molecule has 1 unspecified atom stereocenters. The minimum atomic E-state index is 0.102.